The zero-order chi connectivity index (χ0) is 23.1. The quantitative estimate of drug-likeness (QED) is 0.255. The van der Waals surface area contributed by atoms with Gasteiger partial charge < -0.3 is 9.16 Å². The van der Waals surface area contributed by atoms with E-state index in [4.69, 9.17) is 4.43 Å². The average Bonchev–Trinajstić information content (AvgIpc) is 2.52. The molecule has 1 aromatic carbocycles. The summed E-state index contributed by atoms with van der Waals surface area (Å²) in [5.41, 5.74) is -0.572. The molecule has 0 aromatic heterocycles. The Balaban J connectivity index is 3.21. The van der Waals surface area contributed by atoms with Crippen molar-refractivity contribution in [2.45, 2.75) is 56.9 Å². The number of hydrogen-bond acceptors (Lipinski definition) is 4. The van der Waals surface area contributed by atoms with Crippen LogP contribution >= 0.6 is 0 Å². The zero-order valence-electron chi connectivity index (χ0n) is 16.1. The summed E-state index contributed by atoms with van der Waals surface area (Å²) in [6.45, 7) is 8.73. The summed E-state index contributed by atoms with van der Waals surface area (Å²) >= 11 is 0. The number of carbonyl (C=O) groups is 2. The van der Waals surface area contributed by atoms with Crippen LogP contribution in [-0.4, -0.2) is 38.3 Å². The SMILES string of the molecule is CC(C)(C)[Si](C)(C)OC(=O)c1ccccc1OC(=O)C(F)(F)C(F)(F)C(F)(F)F. The maximum Gasteiger partial charge on any atom is 0.460 e. The largest absolute Gasteiger partial charge is 0.516 e. The van der Waals surface area contributed by atoms with Gasteiger partial charge in [0.15, 0.2) is 0 Å². The summed E-state index contributed by atoms with van der Waals surface area (Å²) in [6, 6.07) is 4.13. The van der Waals surface area contributed by atoms with Gasteiger partial charge in [0.05, 0.1) is 0 Å². The summed E-state index contributed by atoms with van der Waals surface area (Å²) in [5.74, 6) is -18.1. The molecular formula is C17H19F7O4Si. The van der Waals surface area contributed by atoms with Gasteiger partial charge in [-0.3, -0.25) is 0 Å². The van der Waals surface area contributed by atoms with E-state index >= 15 is 0 Å². The predicted octanol–water partition coefficient (Wildman–Crippen LogP) is 5.59. The molecule has 4 nitrogen and oxygen atoms in total. The van der Waals surface area contributed by atoms with Crippen molar-refractivity contribution in [2.75, 3.05) is 0 Å². The molecule has 12 heteroatoms. The molecule has 0 spiro atoms. The molecule has 0 aliphatic heterocycles. The zero-order valence-corrected chi connectivity index (χ0v) is 17.1. The van der Waals surface area contributed by atoms with Crippen LogP contribution in [0.25, 0.3) is 0 Å². The van der Waals surface area contributed by atoms with Gasteiger partial charge in [-0.1, -0.05) is 32.9 Å². The molecule has 0 saturated carbocycles. The number of esters is 1. The van der Waals surface area contributed by atoms with E-state index in [0.29, 0.717) is 0 Å². The van der Waals surface area contributed by atoms with Crippen molar-refractivity contribution >= 4 is 20.3 Å². The highest BCUT2D eigenvalue weighted by Gasteiger charge is 2.77. The maximum absolute atomic E-state index is 13.5. The summed E-state index contributed by atoms with van der Waals surface area (Å²) < 4.78 is 99.1. The number of carbonyl (C=O) groups excluding carboxylic acids is 2. The number of para-hydroxylation sites is 1. The summed E-state index contributed by atoms with van der Waals surface area (Å²) in [6.07, 6.45) is -6.70. The molecule has 29 heavy (non-hydrogen) atoms. The van der Waals surface area contributed by atoms with Crippen molar-refractivity contribution in [3.05, 3.63) is 29.8 Å². The molecule has 0 fully saturated rings. The Hall–Kier alpha value is -2.11. The molecule has 0 saturated heterocycles. The Labute approximate surface area is 163 Å². The fourth-order valence-corrected chi connectivity index (χ4v) is 2.51. The van der Waals surface area contributed by atoms with Crippen LogP contribution in [-0.2, 0) is 9.22 Å². The topological polar surface area (TPSA) is 52.6 Å². The van der Waals surface area contributed by atoms with Crippen LogP contribution in [0.3, 0.4) is 0 Å². The van der Waals surface area contributed by atoms with E-state index in [2.05, 4.69) is 4.74 Å². The van der Waals surface area contributed by atoms with Crippen LogP contribution in [0.5, 0.6) is 5.75 Å². The summed E-state index contributed by atoms with van der Waals surface area (Å²) in [5, 5.41) is -0.448. The maximum atomic E-state index is 13.5. The van der Waals surface area contributed by atoms with Crippen molar-refractivity contribution in [3.63, 3.8) is 0 Å². The van der Waals surface area contributed by atoms with Gasteiger partial charge in [0.2, 0.25) is 0 Å². The van der Waals surface area contributed by atoms with Gasteiger partial charge in [0.1, 0.15) is 11.3 Å². The van der Waals surface area contributed by atoms with E-state index < -0.39 is 54.6 Å². The molecule has 0 bridgehead atoms. The highest BCUT2D eigenvalue weighted by Crippen LogP contribution is 2.47. The van der Waals surface area contributed by atoms with Crippen molar-refractivity contribution < 1.29 is 49.5 Å². The average molecular weight is 448 g/mol. The monoisotopic (exact) mass is 448 g/mol. The number of halogens is 7. The van der Waals surface area contributed by atoms with Gasteiger partial charge >= 0.3 is 30.0 Å². The van der Waals surface area contributed by atoms with Gasteiger partial charge in [-0.15, -0.1) is 0 Å². The van der Waals surface area contributed by atoms with E-state index in [1.165, 1.54) is 6.07 Å². The summed E-state index contributed by atoms with van der Waals surface area (Å²) in [4.78, 5) is 23.9. The Bertz CT molecular complexity index is 783. The van der Waals surface area contributed by atoms with Crippen LogP contribution < -0.4 is 4.74 Å². The van der Waals surface area contributed by atoms with Crippen molar-refractivity contribution in [1.82, 2.24) is 0 Å². The number of alkyl halides is 7. The smallest absolute Gasteiger partial charge is 0.460 e. The second-order valence-electron chi connectivity index (χ2n) is 7.68. The highest BCUT2D eigenvalue weighted by molar-refractivity contribution is 6.75. The fraction of sp³-hybridized carbons (Fsp3) is 0.529. The van der Waals surface area contributed by atoms with Gasteiger partial charge in [-0.25, -0.2) is 9.59 Å². The molecule has 0 aliphatic carbocycles. The number of hydrogen-bond donors (Lipinski definition) is 0. The normalized spacial score (nSPS) is 13.8. The first-order chi connectivity index (χ1) is 12.8. The van der Waals surface area contributed by atoms with Gasteiger partial charge in [0.25, 0.3) is 8.32 Å². The Morgan fingerprint density at radius 2 is 1.38 bits per heavy atom. The molecule has 0 unspecified atom stereocenters. The van der Waals surface area contributed by atoms with Crippen LogP contribution in [0, 0.1) is 0 Å². The molecule has 164 valence electrons. The van der Waals surface area contributed by atoms with Gasteiger partial charge in [-0.2, -0.15) is 30.7 Å². The Morgan fingerprint density at radius 3 is 1.83 bits per heavy atom. The Kier molecular flexibility index (Phi) is 6.54. The van der Waals surface area contributed by atoms with Gasteiger partial charge in [-0.05, 0) is 30.3 Å². The number of rotatable bonds is 5. The first-order valence-electron chi connectivity index (χ1n) is 8.12. The van der Waals surface area contributed by atoms with Crippen LogP contribution in [0.1, 0.15) is 31.1 Å². The fourth-order valence-electron chi connectivity index (χ4n) is 1.63. The molecule has 0 heterocycles. The number of benzene rings is 1. The molecule has 1 aromatic rings. The second kappa shape index (κ2) is 7.61. The molecule has 0 aliphatic rings. The van der Waals surface area contributed by atoms with E-state index in [0.717, 1.165) is 18.2 Å². The van der Waals surface area contributed by atoms with E-state index in [-0.39, 0.29) is 0 Å². The minimum absolute atomic E-state index is 0.448. The molecule has 0 N–H and O–H groups in total. The molecule has 0 amide bonds. The third-order valence-electron chi connectivity index (χ3n) is 4.47. The Morgan fingerprint density at radius 1 is 0.897 bits per heavy atom. The summed E-state index contributed by atoms with van der Waals surface area (Å²) in [7, 11) is -2.71. The molecule has 0 radical (unpaired) electrons. The lowest BCUT2D eigenvalue weighted by Gasteiger charge is -2.35. The lowest BCUT2D eigenvalue weighted by molar-refractivity contribution is -0.346. The number of ether oxygens (including phenoxy) is 1. The standard InChI is InChI=1S/C17H19F7O4Si/c1-14(2,3)29(4,5)28-12(25)10-8-6-7-9-11(10)27-13(26)15(18,19)16(20,21)17(22,23)24/h6-9H,1-5H3. The van der Waals surface area contributed by atoms with Gasteiger partial charge in [0, 0.05) is 0 Å². The van der Waals surface area contributed by atoms with Crippen molar-refractivity contribution in [2.24, 2.45) is 0 Å². The van der Waals surface area contributed by atoms with Crippen molar-refractivity contribution in [1.29, 1.82) is 0 Å². The first-order valence-corrected chi connectivity index (χ1v) is 11.0. The second-order valence-corrected chi connectivity index (χ2v) is 12.4. The van der Waals surface area contributed by atoms with Crippen LogP contribution in [0.15, 0.2) is 24.3 Å². The van der Waals surface area contributed by atoms with Crippen molar-refractivity contribution in [3.8, 4) is 5.75 Å². The minimum Gasteiger partial charge on any atom is -0.516 e. The van der Waals surface area contributed by atoms with Crippen LogP contribution in [0.2, 0.25) is 18.1 Å². The molecule has 1 rings (SSSR count). The lowest BCUT2D eigenvalue weighted by atomic mass is 10.1. The van der Waals surface area contributed by atoms with E-state index in [9.17, 15) is 40.3 Å². The lowest BCUT2D eigenvalue weighted by Crippen LogP contribution is -2.57. The van der Waals surface area contributed by atoms with E-state index in [1.54, 1.807) is 33.9 Å². The first kappa shape index (κ1) is 24.9. The van der Waals surface area contributed by atoms with E-state index in [1.807, 2.05) is 0 Å². The minimum atomic E-state index is -6.70. The predicted molar refractivity (Wildman–Crippen MR) is 90.6 cm³/mol. The molecular weight excluding hydrogens is 429 g/mol. The third-order valence-corrected chi connectivity index (χ3v) is 8.78. The third kappa shape index (κ3) is 4.90. The highest BCUT2D eigenvalue weighted by atomic mass is 28.4. The molecule has 0 atom stereocenters. The van der Waals surface area contributed by atoms with Crippen LogP contribution in [0.4, 0.5) is 30.7 Å².